The number of likely N-dealkylation sites (N-methyl/N-ethyl adjacent to an activating group) is 1. The maximum atomic E-state index is 12.8. The molecule has 1 aliphatic carbocycles. The summed E-state index contributed by atoms with van der Waals surface area (Å²) in [5, 5.41) is 0.944. The molecule has 1 atom stereocenters. The van der Waals surface area contributed by atoms with Gasteiger partial charge in [-0.25, -0.2) is 4.79 Å². The number of hydrogen-bond acceptors (Lipinski definition) is 5. The molecular weight excluding hydrogens is 372 g/mol. The number of benzene rings is 1. The molecule has 0 bridgehead atoms. The molecule has 7 heteroatoms. The van der Waals surface area contributed by atoms with Crippen molar-refractivity contribution in [1.82, 2.24) is 9.80 Å². The number of hydrogen-bond donors (Lipinski definition) is 0. The van der Waals surface area contributed by atoms with Crippen molar-refractivity contribution < 1.29 is 18.7 Å². The van der Waals surface area contributed by atoms with E-state index < -0.39 is 6.10 Å². The van der Waals surface area contributed by atoms with E-state index >= 15 is 0 Å². The van der Waals surface area contributed by atoms with Crippen molar-refractivity contribution in [2.24, 2.45) is 0 Å². The summed E-state index contributed by atoms with van der Waals surface area (Å²) in [4.78, 5) is 40.2. The van der Waals surface area contributed by atoms with Gasteiger partial charge in [-0.05, 0) is 50.3 Å². The zero-order valence-electron chi connectivity index (χ0n) is 16.9. The van der Waals surface area contributed by atoms with Crippen LogP contribution in [0.25, 0.3) is 11.0 Å². The first kappa shape index (κ1) is 19.5. The molecule has 7 nitrogen and oxygen atoms in total. The van der Waals surface area contributed by atoms with Gasteiger partial charge in [0.15, 0.2) is 6.10 Å². The smallest absolute Gasteiger partial charge is 0.339 e. The van der Waals surface area contributed by atoms with E-state index in [4.69, 9.17) is 9.15 Å². The number of nitrogens with zero attached hydrogens (tertiary/aromatic N) is 2. The number of rotatable bonds is 3. The second kappa shape index (κ2) is 7.89. The molecule has 2 amide bonds. The molecule has 0 saturated carbocycles. The van der Waals surface area contributed by atoms with Crippen LogP contribution in [0.5, 0.6) is 5.75 Å². The van der Waals surface area contributed by atoms with Gasteiger partial charge in [0.2, 0.25) is 5.91 Å². The van der Waals surface area contributed by atoms with Crippen LogP contribution in [0, 0.1) is 0 Å². The molecule has 1 aliphatic heterocycles. The van der Waals surface area contributed by atoms with Crippen molar-refractivity contribution >= 4 is 22.8 Å². The molecule has 0 spiro atoms. The average molecular weight is 398 g/mol. The topological polar surface area (TPSA) is 80.1 Å². The summed E-state index contributed by atoms with van der Waals surface area (Å²) in [7, 11) is 1.75. The van der Waals surface area contributed by atoms with E-state index in [0.717, 1.165) is 42.2 Å². The molecule has 2 aromatic rings. The highest BCUT2D eigenvalue weighted by Gasteiger charge is 2.26. The Bertz CT molecular complexity index is 1010. The number of aryl methyl sites for hydroxylation is 1. The molecule has 154 valence electrons. The predicted octanol–water partition coefficient (Wildman–Crippen LogP) is 2.13. The van der Waals surface area contributed by atoms with E-state index in [1.54, 1.807) is 29.8 Å². The number of amides is 2. The Morgan fingerprint density at radius 3 is 2.62 bits per heavy atom. The van der Waals surface area contributed by atoms with Gasteiger partial charge in [0.05, 0.1) is 0 Å². The maximum Gasteiger partial charge on any atom is 0.339 e. The second-order valence-corrected chi connectivity index (χ2v) is 7.86. The van der Waals surface area contributed by atoms with E-state index in [2.05, 4.69) is 0 Å². The van der Waals surface area contributed by atoms with Gasteiger partial charge in [-0.15, -0.1) is 0 Å². The van der Waals surface area contributed by atoms with Crippen LogP contribution in [0.1, 0.15) is 37.3 Å². The summed E-state index contributed by atoms with van der Waals surface area (Å²) in [5.74, 6) is 0.377. The number of fused-ring (bicyclic) bond motifs is 3. The SMILES string of the molecule is CC(Oc1ccc2c3c(c(=O)oc2c1)CCCC3)C(=O)N1CCC(=O)N(C)CC1. The van der Waals surface area contributed by atoms with Gasteiger partial charge in [0.25, 0.3) is 5.91 Å². The predicted molar refractivity (Wildman–Crippen MR) is 108 cm³/mol. The van der Waals surface area contributed by atoms with Crippen molar-refractivity contribution in [2.45, 2.75) is 45.1 Å². The van der Waals surface area contributed by atoms with Gasteiger partial charge in [0.1, 0.15) is 11.3 Å². The van der Waals surface area contributed by atoms with Crippen LogP contribution in [0.4, 0.5) is 0 Å². The normalized spacial score (nSPS) is 18.3. The summed E-state index contributed by atoms with van der Waals surface area (Å²) in [5.41, 5.74) is 2.10. The van der Waals surface area contributed by atoms with Crippen molar-refractivity contribution in [2.75, 3.05) is 26.7 Å². The first-order valence-corrected chi connectivity index (χ1v) is 10.2. The monoisotopic (exact) mass is 398 g/mol. The zero-order chi connectivity index (χ0) is 20.5. The first-order valence-electron chi connectivity index (χ1n) is 10.2. The molecule has 29 heavy (non-hydrogen) atoms. The molecule has 1 unspecified atom stereocenters. The molecule has 1 aromatic heterocycles. The number of ether oxygens (including phenoxy) is 1. The molecule has 1 saturated heterocycles. The van der Waals surface area contributed by atoms with Crippen LogP contribution in [0.3, 0.4) is 0 Å². The Morgan fingerprint density at radius 2 is 1.83 bits per heavy atom. The average Bonchev–Trinajstić information content (AvgIpc) is 2.89. The van der Waals surface area contributed by atoms with Crippen LogP contribution in [0.2, 0.25) is 0 Å². The van der Waals surface area contributed by atoms with Gasteiger partial charge < -0.3 is 19.0 Å². The minimum Gasteiger partial charge on any atom is -0.481 e. The summed E-state index contributed by atoms with van der Waals surface area (Å²) < 4.78 is 11.4. The standard InChI is InChI=1S/C22H26N2O5/c1-14(21(26)24-10-9-20(25)23(2)11-12-24)28-15-7-8-17-16-5-3-4-6-18(16)22(27)29-19(17)13-15/h7-8,13-14H,3-6,9-12H2,1-2H3. The number of carbonyl (C=O) groups excluding carboxylic acids is 2. The Morgan fingerprint density at radius 1 is 1.07 bits per heavy atom. The van der Waals surface area contributed by atoms with Gasteiger partial charge in [-0.3, -0.25) is 9.59 Å². The van der Waals surface area contributed by atoms with Gasteiger partial charge >= 0.3 is 5.63 Å². The highest BCUT2D eigenvalue weighted by molar-refractivity contribution is 5.84. The Balaban J connectivity index is 1.52. The summed E-state index contributed by atoms with van der Waals surface area (Å²) >= 11 is 0. The highest BCUT2D eigenvalue weighted by Crippen LogP contribution is 2.29. The first-order chi connectivity index (χ1) is 13.9. The molecule has 0 radical (unpaired) electrons. The van der Waals surface area contributed by atoms with Crippen molar-refractivity contribution in [1.29, 1.82) is 0 Å². The lowest BCUT2D eigenvalue weighted by atomic mass is 9.91. The summed E-state index contributed by atoms with van der Waals surface area (Å²) in [6.07, 6.45) is 3.36. The fourth-order valence-electron chi connectivity index (χ4n) is 4.16. The van der Waals surface area contributed by atoms with E-state index in [-0.39, 0.29) is 17.4 Å². The molecule has 4 rings (SSSR count). The van der Waals surface area contributed by atoms with Crippen molar-refractivity contribution in [3.8, 4) is 5.75 Å². The highest BCUT2D eigenvalue weighted by atomic mass is 16.5. The fourth-order valence-corrected chi connectivity index (χ4v) is 4.16. The molecular formula is C22H26N2O5. The fraction of sp³-hybridized carbons (Fsp3) is 0.500. The van der Waals surface area contributed by atoms with Crippen LogP contribution in [-0.2, 0) is 22.4 Å². The largest absolute Gasteiger partial charge is 0.481 e. The molecule has 0 N–H and O–H groups in total. The van der Waals surface area contributed by atoms with E-state index in [0.29, 0.717) is 37.4 Å². The third-order valence-corrected chi connectivity index (χ3v) is 5.89. The van der Waals surface area contributed by atoms with Crippen LogP contribution in [-0.4, -0.2) is 54.4 Å². The Hall–Kier alpha value is -2.83. The van der Waals surface area contributed by atoms with E-state index in [9.17, 15) is 14.4 Å². The zero-order valence-corrected chi connectivity index (χ0v) is 16.9. The lowest BCUT2D eigenvalue weighted by Gasteiger charge is -2.24. The molecule has 2 heterocycles. The minimum atomic E-state index is -0.699. The third-order valence-electron chi connectivity index (χ3n) is 5.89. The molecule has 1 aromatic carbocycles. The minimum absolute atomic E-state index is 0.0433. The van der Waals surface area contributed by atoms with Crippen LogP contribution in [0.15, 0.2) is 27.4 Å². The summed E-state index contributed by atoms with van der Waals surface area (Å²) in [6, 6.07) is 5.42. The third kappa shape index (κ3) is 3.86. The lowest BCUT2D eigenvalue weighted by Crippen LogP contribution is -2.42. The van der Waals surface area contributed by atoms with Crippen LogP contribution >= 0.6 is 0 Å². The van der Waals surface area contributed by atoms with E-state index in [1.165, 1.54) is 0 Å². The Labute approximate surface area is 169 Å². The Kier molecular flexibility index (Phi) is 5.30. The molecule has 2 aliphatic rings. The van der Waals surface area contributed by atoms with Crippen molar-refractivity contribution in [3.63, 3.8) is 0 Å². The second-order valence-electron chi connectivity index (χ2n) is 7.86. The number of carbonyl (C=O) groups is 2. The van der Waals surface area contributed by atoms with Gasteiger partial charge in [-0.2, -0.15) is 0 Å². The summed E-state index contributed by atoms with van der Waals surface area (Å²) in [6.45, 7) is 3.11. The maximum absolute atomic E-state index is 12.8. The van der Waals surface area contributed by atoms with Gasteiger partial charge in [0, 0.05) is 50.1 Å². The quantitative estimate of drug-likeness (QED) is 0.740. The van der Waals surface area contributed by atoms with Crippen molar-refractivity contribution in [3.05, 3.63) is 39.7 Å². The van der Waals surface area contributed by atoms with Gasteiger partial charge in [-0.1, -0.05) is 0 Å². The van der Waals surface area contributed by atoms with Crippen LogP contribution < -0.4 is 10.4 Å². The van der Waals surface area contributed by atoms with E-state index in [1.807, 2.05) is 12.1 Å². The lowest BCUT2D eigenvalue weighted by molar-refractivity contribution is -0.137. The molecule has 1 fully saturated rings.